The van der Waals surface area contributed by atoms with Crippen molar-refractivity contribution in [1.82, 2.24) is 9.97 Å². The number of carbonyl (C=O) groups excluding carboxylic acids is 1. The summed E-state index contributed by atoms with van der Waals surface area (Å²) in [6.07, 6.45) is 3.25. The van der Waals surface area contributed by atoms with Crippen LogP contribution in [0, 0.1) is 0 Å². The van der Waals surface area contributed by atoms with E-state index in [4.69, 9.17) is 11.6 Å². The monoisotopic (exact) mass is 329 g/mol. The highest BCUT2D eigenvalue weighted by molar-refractivity contribution is 8.00. The standard InChI is InChI=1S/C16H12ClN3OS/c17-12-6-7-14(19-9-12)20-15(21)10-22-13-5-1-3-11-4-2-8-18-16(11)13/h1-9H,10H2,(H,19,20,21). The van der Waals surface area contributed by atoms with Crippen LogP contribution in [0.5, 0.6) is 0 Å². The molecule has 2 heterocycles. The van der Waals surface area contributed by atoms with Gasteiger partial charge in [0, 0.05) is 22.7 Å². The van der Waals surface area contributed by atoms with Crippen molar-refractivity contribution in [2.45, 2.75) is 4.90 Å². The van der Waals surface area contributed by atoms with Crippen molar-refractivity contribution in [2.75, 3.05) is 11.1 Å². The molecule has 0 aliphatic heterocycles. The number of para-hydroxylation sites is 1. The van der Waals surface area contributed by atoms with E-state index in [1.807, 2.05) is 30.3 Å². The van der Waals surface area contributed by atoms with Gasteiger partial charge in [-0.05, 0) is 24.3 Å². The molecule has 1 aromatic carbocycles. The summed E-state index contributed by atoms with van der Waals surface area (Å²) in [5.41, 5.74) is 0.910. The predicted octanol–water partition coefficient (Wildman–Crippen LogP) is 4.01. The van der Waals surface area contributed by atoms with E-state index in [9.17, 15) is 4.79 Å². The molecule has 0 spiro atoms. The number of thioether (sulfide) groups is 1. The zero-order chi connectivity index (χ0) is 15.4. The summed E-state index contributed by atoms with van der Waals surface area (Å²) in [4.78, 5) is 21.4. The first-order chi connectivity index (χ1) is 10.7. The molecule has 1 N–H and O–H groups in total. The maximum atomic E-state index is 12.0. The second-order valence-electron chi connectivity index (χ2n) is 4.53. The molecule has 0 aliphatic rings. The fourth-order valence-corrected chi connectivity index (χ4v) is 2.92. The maximum absolute atomic E-state index is 12.0. The molecule has 0 unspecified atom stereocenters. The Morgan fingerprint density at radius 1 is 1.14 bits per heavy atom. The second-order valence-corrected chi connectivity index (χ2v) is 5.98. The van der Waals surface area contributed by atoms with Gasteiger partial charge >= 0.3 is 0 Å². The Hall–Kier alpha value is -2.11. The van der Waals surface area contributed by atoms with E-state index in [1.54, 1.807) is 18.3 Å². The number of rotatable bonds is 4. The van der Waals surface area contributed by atoms with Crippen LogP contribution in [0.25, 0.3) is 10.9 Å². The Morgan fingerprint density at radius 2 is 2.00 bits per heavy atom. The molecular formula is C16H12ClN3OS. The first kappa shape index (κ1) is 14.8. The Bertz CT molecular complexity index is 803. The van der Waals surface area contributed by atoms with Gasteiger partial charge in [-0.15, -0.1) is 11.8 Å². The number of anilines is 1. The molecule has 0 radical (unpaired) electrons. The molecule has 6 heteroatoms. The molecule has 2 aromatic heterocycles. The van der Waals surface area contributed by atoms with Crippen LogP contribution in [0.15, 0.2) is 59.8 Å². The quantitative estimate of drug-likeness (QED) is 0.735. The predicted molar refractivity (Wildman–Crippen MR) is 90.3 cm³/mol. The minimum absolute atomic E-state index is 0.118. The Kier molecular flexibility index (Phi) is 4.56. The fraction of sp³-hybridized carbons (Fsp3) is 0.0625. The van der Waals surface area contributed by atoms with E-state index in [0.717, 1.165) is 15.8 Å². The number of benzene rings is 1. The average molecular weight is 330 g/mol. The van der Waals surface area contributed by atoms with Gasteiger partial charge in [0.1, 0.15) is 5.82 Å². The number of aromatic nitrogens is 2. The van der Waals surface area contributed by atoms with Gasteiger partial charge in [-0.25, -0.2) is 4.98 Å². The minimum Gasteiger partial charge on any atom is -0.310 e. The smallest absolute Gasteiger partial charge is 0.235 e. The summed E-state index contributed by atoms with van der Waals surface area (Å²) in [6, 6.07) is 13.2. The van der Waals surface area contributed by atoms with Gasteiger partial charge in [-0.1, -0.05) is 29.8 Å². The van der Waals surface area contributed by atoms with Crippen molar-refractivity contribution in [3.8, 4) is 0 Å². The van der Waals surface area contributed by atoms with Gasteiger partial charge in [-0.2, -0.15) is 0 Å². The lowest BCUT2D eigenvalue weighted by atomic mass is 10.2. The van der Waals surface area contributed by atoms with Crippen molar-refractivity contribution >= 4 is 46.0 Å². The SMILES string of the molecule is O=C(CSc1cccc2cccnc12)Nc1ccc(Cl)cn1. The van der Waals surface area contributed by atoms with E-state index in [1.165, 1.54) is 18.0 Å². The molecule has 22 heavy (non-hydrogen) atoms. The number of carbonyl (C=O) groups is 1. The zero-order valence-corrected chi connectivity index (χ0v) is 13.1. The molecule has 110 valence electrons. The van der Waals surface area contributed by atoms with Gasteiger partial charge in [0.2, 0.25) is 5.91 Å². The normalized spacial score (nSPS) is 10.6. The lowest BCUT2D eigenvalue weighted by molar-refractivity contribution is -0.113. The van der Waals surface area contributed by atoms with Crippen LogP contribution in [0.4, 0.5) is 5.82 Å². The minimum atomic E-state index is -0.118. The summed E-state index contributed by atoms with van der Waals surface area (Å²) in [7, 11) is 0. The van der Waals surface area contributed by atoms with Crippen LogP contribution >= 0.6 is 23.4 Å². The Morgan fingerprint density at radius 3 is 2.82 bits per heavy atom. The van der Waals surface area contributed by atoms with E-state index in [-0.39, 0.29) is 5.91 Å². The van der Waals surface area contributed by atoms with E-state index in [2.05, 4.69) is 15.3 Å². The number of amides is 1. The van der Waals surface area contributed by atoms with Gasteiger partial charge in [0.25, 0.3) is 0 Å². The number of nitrogens with one attached hydrogen (secondary N) is 1. The highest BCUT2D eigenvalue weighted by Gasteiger charge is 2.07. The van der Waals surface area contributed by atoms with Crippen molar-refractivity contribution in [3.05, 3.63) is 59.9 Å². The molecule has 0 bridgehead atoms. The summed E-state index contributed by atoms with van der Waals surface area (Å²) in [5.74, 6) is 0.666. The second kappa shape index (κ2) is 6.77. The molecular weight excluding hydrogens is 318 g/mol. The van der Waals surface area contributed by atoms with Crippen LogP contribution < -0.4 is 5.32 Å². The molecule has 0 saturated carbocycles. The van der Waals surface area contributed by atoms with Gasteiger partial charge in [-0.3, -0.25) is 9.78 Å². The Balaban J connectivity index is 1.66. The number of pyridine rings is 2. The third-order valence-electron chi connectivity index (χ3n) is 2.95. The Labute approximate surface area is 136 Å². The first-order valence-corrected chi connectivity index (χ1v) is 7.97. The van der Waals surface area contributed by atoms with E-state index < -0.39 is 0 Å². The molecule has 1 amide bonds. The van der Waals surface area contributed by atoms with Gasteiger partial charge in [0.05, 0.1) is 16.3 Å². The van der Waals surface area contributed by atoms with Crippen molar-refractivity contribution < 1.29 is 4.79 Å². The molecule has 3 aromatic rings. The lowest BCUT2D eigenvalue weighted by Gasteiger charge is -2.06. The number of fused-ring (bicyclic) bond motifs is 1. The van der Waals surface area contributed by atoms with Crippen LogP contribution in [-0.4, -0.2) is 21.6 Å². The lowest BCUT2D eigenvalue weighted by Crippen LogP contribution is -2.14. The third-order valence-corrected chi connectivity index (χ3v) is 4.22. The molecule has 0 fully saturated rings. The van der Waals surface area contributed by atoms with Crippen LogP contribution in [-0.2, 0) is 4.79 Å². The van der Waals surface area contributed by atoms with Crippen molar-refractivity contribution in [2.24, 2.45) is 0 Å². The number of hydrogen-bond donors (Lipinski definition) is 1. The summed E-state index contributed by atoms with van der Waals surface area (Å²) in [6.45, 7) is 0. The largest absolute Gasteiger partial charge is 0.310 e. The highest BCUT2D eigenvalue weighted by Crippen LogP contribution is 2.26. The molecule has 3 rings (SSSR count). The summed E-state index contributed by atoms with van der Waals surface area (Å²) in [5, 5.41) is 4.34. The first-order valence-electron chi connectivity index (χ1n) is 6.60. The molecule has 0 aliphatic carbocycles. The third kappa shape index (κ3) is 3.55. The van der Waals surface area contributed by atoms with Crippen molar-refractivity contribution in [3.63, 3.8) is 0 Å². The van der Waals surface area contributed by atoms with Gasteiger partial charge in [0.15, 0.2) is 0 Å². The summed E-state index contributed by atoms with van der Waals surface area (Å²) >= 11 is 7.21. The fourth-order valence-electron chi connectivity index (χ4n) is 1.96. The zero-order valence-electron chi connectivity index (χ0n) is 11.5. The van der Waals surface area contributed by atoms with E-state index >= 15 is 0 Å². The molecule has 4 nitrogen and oxygen atoms in total. The molecule has 0 atom stereocenters. The van der Waals surface area contributed by atoms with E-state index in [0.29, 0.717) is 16.6 Å². The average Bonchev–Trinajstić information content (AvgIpc) is 2.55. The molecule has 0 saturated heterocycles. The number of nitrogens with zero attached hydrogens (tertiary/aromatic N) is 2. The van der Waals surface area contributed by atoms with Crippen molar-refractivity contribution in [1.29, 1.82) is 0 Å². The van der Waals surface area contributed by atoms with Crippen LogP contribution in [0.3, 0.4) is 0 Å². The summed E-state index contributed by atoms with van der Waals surface area (Å²) < 4.78 is 0. The van der Waals surface area contributed by atoms with Crippen LogP contribution in [0.1, 0.15) is 0 Å². The highest BCUT2D eigenvalue weighted by atomic mass is 35.5. The topological polar surface area (TPSA) is 54.9 Å². The van der Waals surface area contributed by atoms with Crippen LogP contribution in [0.2, 0.25) is 5.02 Å². The number of hydrogen-bond acceptors (Lipinski definition) is 4. The van der Waals surface area contributed by atoms with Gasteiger partial charge < -0.3 is 5.32 Å². The number of halogens is 1. The maximum Gasteiger partial charge on any atom is 0.235 e.